The van der Waals surface area contributed by atoms with E-state index in [1.54, 1.807) is 13.0 Å². The zero-order valence-corrected chi connectivity index (χ0v) is 23.1. The van der Waals surface area contributed by atoms with E-state index in [0.717, 1.165) is 65.8 Å². The molecule has 1 fully saturated rings. The number of carboxylic acid groups (broad SMARTS) is 1. The first-order chi connectivity index (χ1) is 18.7. The molecular weight excluding hydrogens is 495 g/mol. The summed E-state index contributed by atoms with van der Waals surface area (Å²) >= 11 is 0. The van der Waals surface area contributed by atoms with Crippen molar-refractivity contribution in [1.82, 2.24) is 9.88 Å². The quantitative estimate of drug-likeness (QED) is 0.353. The smallest absolute Gasteiger partial charge is 0.306 e. The number of nitrogens with zero attached hydrogens (tertiary/aromatic N) is 2. The third-order valence-corrected chi connectivity index (χ3v) is 8.36. The number of methoxy groups -OCH3 is 1. The SMILES string of the molecule is COc1cc(-c2ccc([C@H]3CCc4ccc(C[C@H](C)C(=O)O)cc4O3)cc2CN2[C@H](C)CC[C@H]2C)c(F)cn1. The Balaban J connectivity index is 1.48. The molecule has 2 aliphatic heterocycles. The highest BCUT2D eigenvalue weighted by molar-refractivity contribution is 5.70. The fraction of sp³-hybridized carbons (Fsp3) is 0.438. The lowest BCUT2D eigenvalue weighted by Crippen LogP contribution is -2.32. The van der Waals surface area contributed by atoms with Crippen molar-refractivity contribution >= 4 is 5.97 Å². The van der Waals surface area contributed by atoms with E-state index in [1.165, 1.54) is 13.3 Å². The Labute approximate surface area is 229 Å². The van der Waals surface area contributed by atoms with Crippen LogP contribution in [0, 0.1) is 11.7 Å². The summed E-state index contributed by atoms with van der Waals surface area (Å²) in [5.41, 5.74) is 5.53. The summed E-state index contributed by atoms with van der Waals surface area (Å²) in [5.74, 6) is -0.439. The number of hydrogen-bond donors (Lipinski definition) is 1. The van der Waals surface area contributed by atoms with Gasteiger partial charge >= 0.3 is 5.97 Å². The van der Waals surface area contributed by atoms with Crippen LogP contribution in [0.25, 0.3) is 11.1 Å². The Bertz CT molecular complexity index is 1350. The molecule has 3 heterocycles. The van der Waals surface area contributed by atoms with Gasteiger partial charge in [-0.3, -0.25) is 9.69 Å². The predicted molar refractivity (Wildman–Crippen MR) is 149 cm³/mol. The van der Waals surface area contributed by atoms with E-state index in [-0.39, 0.29) is 11.9 Å². The van der Waals surface area contributed by atoms with Crippen LogP contribution in [0.4, 0.5) is 4.39 Å². The van der Waals surface area contributed by atoms with Gasteiger partial charge in [-0.2, -0.15) is 0 Å². The first-order valence-electron chi connectivity index (χ1n) is 13.8. The Morgan fingerprint density at radius 1 is 1.13 bits per heavy atom. The van der Waals surface area contributed by atoms with Gasteiger partial charge in [0.05, 0.1) is 19.2 Å². The van der Waals surface area contributed by atoms with Crippen LogP contribution in [0.5, 0.6) is 11.6 Å². The fourth-order valence-corrected chi connectivity index (χ4v) is 5.92. The van der Waals surface area contributed by atoms with E-state index in [4.69, 9.17) is 9.47 Å². The first kappa shape index (κ1) is 27.1. The Kier molecular flexibility index (Phi) is 7.89. The maximum absolute atomic E-state index is 15.0. The van der Waals surface area contributed by atoms with Crippen LogP contribution in [-0.4, -0.2) is 40.2 Å². The molecule has 0 bridgehead atoms. The number of aryl methyl sites for hydroxylation is 1. The minimum absolute atomic E-state index is 0.136. The van der Waals surface area contributed by atoms with Crippen molar-refractivity contribution < 1.29 is 23.8 Å². The second-order valence-electron chi connectivity index (χ2n) is 11.1. The molecule has 1 N–H and O–H groups in total. The minimum Gasteiger partial charge on any atom is -0.485 e. The molecule has 1 aromatic heterocycles. The second-order valence-corrected chi connectivity index (χ2v) is 11.1. The molecule has 1 saturated heterocycles. The molecule has 2 aliphatic rings. The molecule has 39 heavy (non-hydrogen) atoms. The van der Waals surface area contributed by atoms with Crippen molar-refractivity contribution in [2.24, 2.45) is 5.92 Å². The van der Waals surface area contributed by atoms with Crippen molar-refractivity contribution in [2.45, 2.75) is 77.6 Å². The van der Waals surface area contributed by atoms with Gasteiger partial charge in [0.1, 0.15) is 17.7 Å². The summed E-state index contributed by atoms with van der Waals surface area (Å²) in [6.45, 7) is 6.95. The molecule has 0 radical (unpaired) electrons. The van der Waals surface area contributed by atoms with E-state index >= 15 is 4.39 Å². The summed E-state index contributed by atoms with van der Waals surface area (Å²) < 4.78 is 26.8. The van der Waals surface area contributed by atoms with Gasteiger partial charge in [0.2, 0.25) is 5.88 Å². The standard InChI is InChI=1S/C32H37FN2O4/c1-19(32(36)37)13-22-7-8-23-10-12-29(39-30(23)14-22)24-9-11-26(27-16-31(38-4)34-17-28(27)33)25(15-24)18-35-20(2)5-6-21(35)3/h7-9,11,14-17,19-21,29H,5-6,10,12-13,18H2,1-4H3,(H,36,37)/t19-,20+,21+,29+/m0/s1. The number of aromatic nitrogens is 1. The van der Waals surface area contributed by atoms with Crippen LogP contribution < -0.4 is 9.47 Å². The number of carbonyl (C=O) groups is 1. The molecule has 0 saturated carbocycles. The number of likely N-dealkylation sites (tertiary alicyclic amines) is 1. The van der Waals surface area contributed by atoms with Crippen molar-refractivity contribution in [3.63, 3.8) is 0 Å². The Hall–Kier alpha value is -3.45. The average Bonchev–Trinajstić information content (AvgIpc) is 3.25. The van der Waals surface area contributed by atoms with E-state index in [1.807, 2.05) is 24.3 Å². The van der Waals surface area contributed by atoms with Crippen LogP contribution in [0.3, 0.4) is 0 Å². The van der Waals surface area contributed by atoms with Crippen molar-refractivity contribution in [3.8, 4) is 22.8 Å². The second kappa shape index (κ2) is 11.3. The van der Waals surface area contributed by atoms with Gasteiger partial charge in [0.25, 0.3) is 0 Å². The maximum atomic E-state index is 15.0. The summed E-state index contributed by atoms with van der Waals surface area (Å²) in [6, 6.07) is 14.8. The van der Waals surface area contributed by atoms with E-state index in [0.29, 0.717) is 29.9 Å². The normalized spacial score (nSPS) is 21.7. The molecule has 0 spiro atoms. The average molecular weight is 533 g/mol. The van der Waals surface area contributed by atoms with Gasteiger partial charge in [0, 0.05) is 30.3 Å². The number of carboxylic acids is 1. The van der Waals surface area contributed by atoms with Crippen LogP contribution >= 0.6 is 0 Å². The Morgan fingerprint density at radius 2 is 1.90 bits per heavy atom. The maximum Gasteiger partial charge on any atom is 0.306 e. The van der Waals surface area contributed by atoms with E-state index in [2.05, 4.69) is 35.9 Å². The predicted octanol–water partition coefficient (Wildman–Crippen LogP) is 6.60. The molecule has 6 nitrogen and oxygen atoms in total. The van der Waals surface area contributed by atoms with Gasteiger partial charge in [-0.1, -0.05) is 37.3 Å². The van der Waals surface area contributed by atoms with Gasteiger partial charge in [-0.05, 0) is 79.8 Å². The molecule has 3 aromatic rings. The van der Waals surface area contributed by atoms with Crippen molar-refractivity contribution in [2.75, 3.05) is 7.11 Å². The van der Waals surface area contributed by atoms with E-state index in [9.17, 15) is 9.90 Å². The monoisotopic (exact) mass is 532 g/mol. The number of pyridine rings is 1. The molecule has 4 atom stereocenters. The molecule has 0 aliphatic carbocycles. The van der Waals surface area contributed by atoms with Crippen molar-refractivity contribution in [1.29, 1.82) is 0 Å². The topological polar surface area (TPSA) is 71.9 Å². The van der Waals surface area contributed by atoms with Crippen LogP contribution in [0.15, 0.2) is 48.7 Å². The van der Waals surface area contributed by atoms with Gasteiger partial charge in [0.15, 0.2) is 0 Å². The third-order valence-electron chi connectivity index (χ3n) is 8.36. The molecule has 5 rings (SSSR count). The molecule has 2 aromatic carbocycles. The molecule has 0 amide bonds. The summed E-state index contributed by atoms with van der Waals surface area (Å²) in [7, 11) is 1.54. The fourth-order valence-electron chi connectivity index (χ4n) is 5.92. The van der Waals surface area contributed by atoms with Gasteiger partial charge in [-0.25, -0.2) is 9.37 Å². The molecule has 7 heteroatoms. The molecule has 206 valence electrons. The lowest BCUT2D eigenvalue weighted by atomic mass is 9.91. The van der Waals surface area contributed by atoms with Crippen LogP contribution in [-0.2, 0) is 24.2 Å². The Morgan fingerprint density at radius 3 is 2.62 bits per heavy atom. The number of halogens is 1. The highest BCUT2D eigenvalue weighted by Gasteiger charge is 2.29. The van der Waals surface area contributed by atoms with E-state index < -0.39 is 11.9 Å². The lowest BCUT2D eigenvalue weighted by molar-refractivity contribution is -0.141. The number of fused-ring (bicyclic) bond motifs is 1. The number of rotatable bonds is 8. The largest absolute Gasteiger partial charge is 0.485 e. The molecular formula is C32H37FN2O4. The summed E-state index contributed by atoms with van der Waals surface area (Å²) in [6.07, 6.45) is 5.56. The highest BCUT2D eigenvalue weighted by atomic mass is 19.1. The van der Waals surface area contributed by atoms with Gasteiger partial charge < -0.3 is 14.6 Å². The minimum atomic E-state index is -0.802. The van der Waals surface area contributed by atoms with Crippen LogP contribution in [0.1, 0.15) is 68.4 Å². The van der Waals surface area contributed by atoms with Crippen LogP contribution in [0.2, 0.25) is 0 Å². The van der Waals surface area contributed by atoms with Crippen molar-refractivity contribution in [3.05, 3.63) is 76.7 Å². The zero-order chi connectivity index (χ0) is 27.7. The zero-order valence-electron chi connectivity index (χ0n) is 23.1. The summed E-state index contributed by atoms with van der Waals surface area (Å²) in [4.78, 5) is 17.9. The van der Waals surface area contributed by atoms with Gasteiger partial charge in [-0.15, -0.1) is 0 Å². The summed E-state index contributed by atoms with van der Waals surface area (Å²) in [5, 5.41) is 9.32. The number of aliphatic carboxylic acids is 1. The number of ether oxygens (including phenoxy) is 2. The lowest BCUT2D eigenvalue weighted by Gasteiger charge is -2.30. The third kappa shape index (κ3) is 5.78. The number of benzene rings is 2. The molecule has 0 unspecified atom stereocenters. The highest BCUT2D eigenvalue weighted by Crippen LogP contribution is 2.39. The number of hydrogen-bond acceptors (Lipinski definition) is 5. The first-order valence-corrected chi connectivity index (χ1v) is 13.8.